The van der Waals surface area contributed by atoms with Crippen molar-refractivity contribution in [3.05, 3.63) is 51.4 Å². The highest BCUT2D eigenvalue weighted by Gasteiger charge is 2.09. The summed E-state index contributed by atoms with van der Waals surface area (Å²) < 4.78 is 10.7. The molecule has 1 heterocycles. The first-order valence-corrected chi connectivity index (χ1v) is 5.87. The smallest absolute Gasteiger partial charge is 0.336 e. The highest BCUT2D eigenvalue weighted by atomic mass is 35.5. The Balaban J connectivity index is 2.56. The number of benzene rings is 1. The number of aryl methyl sites for hydroxylation is 2. The Labute approximate surface area is 110 Å². The Hall–Kier alpha value is -1.74. The van der Waals surface area contributed by atoms with Gasteiger partial charge in [-0.15, -0.1) is 0 Å². The van der Waals surface area contributed by atoms with E-state index in [0.29, 0.717) is 16.4 Å². The van der Waals surface area contributed by atoms with Gasteiger partial charge in [-0.2, -0.15) is 0 Å². The van der Waals surface area contributed by atoms with E-state index in [1.165, 1.54) is 6.07 Å². The summed E-state index contributed by atoms with van der Waals surface area (Å²) in [4.78, 5) is 11.4. The van der Waals surface area contributed by atoms with E-state index in [-0.39, 0.29) is 12.2 Å². The molecule has 0 spiro atoms. The fraction of sp³-hybridized carbons (Fsp3) is 0.214. The van der Waals surface area contributed by atoms with Gasteiger partial charge < -0.3 is 9.15 Å². The van der Waals surface area contributed by atoms with Crippen molar-refractivity contribution in [1.82, 2.24) is 0 Å². The minimum Gasteiger partial charge on any atom is -0.488 e. The maximum absolute atomic E-state index is 11.4. The topological polar surface area (TPSA) is 39.4 Å². The summed E-state index contributed by atoms with van der Waals surface area (Å²) in [7, 11) is 0. The first-order chi connectivity index (χ1) is 8.49. The molecular formula is C14H13ClO3. The van der Waals surface area contributed by atoms with Crippen molar-refractivity contribution >= 4 is 22.6 Å². The summed E-state index contributed by atoms with van der Waals surface area (Å²) in [6.45, 7) is 7.50. The SMILES string of the molecule is C=C(Cl)COc1ccc2c(C)cc(=O)oc2c1C. The second kappa shape index (κ2) is 4.86. The molecule has 0 unspecified atom stereocenters. The lowest BCUT2D eigenvalue weighted by molar-refractivity contribution is 0.356. The molecule has 0 amide bonds. The van der Waals surface area contributed by atoms with Crippen molar-refractivity contribution in [1.29, 1.82) is 0 Å². The van der Waals surface area contributed by atoms with Crippen LogP contribution in [0, 0.1) is 13.8 Å². The maximum Gasteiger partial charge on any atom is 0.336 e. The molecule has 18 heavy (non-hydrogen) atoms. The van der Waals surface area contributed by atoms with E-state index in [1.807, 2.05) is 26.0 Å². The van der Waals surface area contributed by atoms with Crippen LogP contribution in [0.2, 0.25) is 0 Å². The summed E-state index contributed by atoms with van der Waals surface area (Å²) in [6, 6.07) is 5.18. The van der Waals surface area contributed by atoms with Gasteiger partial charge in [0.25, 0.3) is 0 Å². The van der Waals surface area contributed by atoms with E-state index >= 15 is 0 Å². The van der Waals surface area contributed by atoms with Gasteiger partial charge in [0.1, 0.15) is 17.9 Å². The van der Waals surface area contributed by atoms with Crippen LogP contribution in [-0.2, 0) is 0 Å². The van der Waals surface area contributed by atoms with E-state index in [9.17, 15) is 4.79 Å². The molecule has 0 fully saturated rings. The second-order valence-corrected chi connectivity index (χ2v) is 4.65. The Morgan fingerprint density at radius 2 is 2.17 bits per heavy atom. The van der Waals surface area contributed by atoms with Gasteiger partial charge in [0.05, 0.1) is 0 Å². The molecule has 4 heteroatoms. The van der Waals surface area contributed by atoms with Gasteiger partial charge in [-0.1, -0.05) is 18.2 Å². The third-order valence-corrected chi connectivity index (χ3v) is 2.81. The average molecular weight is 265 g/mol. The van der Waals surface area contributed by atoms with E-state index in [0.717, 1.165) is 16.5 Å². The predicted octanol–water partition coefficient (Wildman–Crippen LogP) is 3.54. The molecule has 0 saturated heterocycles. The van der Waals surface area contributed by atoms with Crippen molar-refractivity contribution in [3.8, 4) is 5.75 Å². The number of hydrogen-bond donors (Lipinski definition) is 0. The van der Waals surface area contributed by atoms with Crippen molar-refractivity contribution in [3.63, 3.8) is 0 Å². The maximum atomic E-state index is 11.4. The van der Waals surface area contributed by atoms with Gasteiger partial charge in [-0.05, 0) is 31.5 Å². The molecule has 0 N–H and O–H groups in total. The lowest BCUT2D eigenvalue weighted by Gasteiger charge is -2.10. The molecule has 2 aromatic rings. The molecule has 2 rings (SSSR count). The lowest BCUT2D eigenvalue weighted by atomic mass is 10.1. The minimum absolute atomic E-state index is 0.226. The van der Waals surface area contributed by atoms with Crippen LogP contribution >= 0.6 is 11.6 Å². The molecule has 94 valence electrons. The van der Waals surface area contributed by atoms with Gasteiger partial charge in [0, 0.05) is 22.0 Å². The summed E-state index contributed by atoms with van der Waals surface area (Å²) >= 11 is 5.66. The van der Waals surface area contributed by atoms with Crippen LogP contribution in [0.1, 0.15) is 11.1 Å². The quantitative estimate of drug-likeness (QED) is 0.796. The Morgan fingerprint density at radius 1 is 1.44 bits per heavy atom. The molecular weight excluding hydrogens is 252 g/mol. The highest BCUT2D eigenvalue weighted by Crippen LogP contribution is 2.28. The summed E-state index contributed by atoms with van der Waals surface area (Å²) in [6.07, 6.45) is 0. The second-order valence-electron chi connectivity index (χ2n) is 4.12. The van der Waals surface area contributed by atoms with Gasteiger partial charge >= 0.3 is 5.63 Å². The van der Waals surface area contributed by atoms with Crippen LogP contribution in [0.15, 0.2) is 39.0 Å². The Bertz CT molecular complexity index is 671. The molecule has 3 nitrogen and oxygen atoms in total. The molecule has 1 aromatic heterocycles. The number of halogens is 1. The van der Waals surface area contributed by atoms with Crippen molar-refractivity contribution in [2.75, 3.05) is 6.61 Å². The summed E-state index contributed by atoms with van der Waals surface area (Å²) in [5.74, 6) is 0.637. The molecule has 0 aliphatic rings. The van der Waals surface area contributed by atoms with Crippen LogP contribution in [0.4, 0.5) is 0 Å². The first-order valence-electron chi connectivity index (χ1n) is 5.49. The molecule has 0 bridgehead atoms. The largest absolute Gasteiger partial charge is 0.488 e. The molecule has 0 saturated carbocycles. The Kier molecular flexibility index (Phi) is 3.43. The highest BCUT2D eigenvalue weighted by molar-refractivity contribution is 6.29. The predicted molar refractivity (Wildman–Crippen MR) is 72.4 cm³/mol. The zero-order valence-corrected chi connectivity index (χ0v) is 11.0. The van der Waals surface area contributed by atoms with Crippen LogP contribution in [0.5, 0.6) is 5.75 Å². The van der Waals surface area contributed by atoms with Crippen LogP contribution in [-0.4, -0.2) is 6.61 Å². The van der Waals surface area contributed by atoms with Crippen molar-refractivity contribution < 1.29 is 9.15 Å². The van der Waals surface area contributed by atoms with E-state index in [4.69, 9.17) is 20.8 Å². The van der Waals surface area contributed by atoms with E-state index in [2.05, 4.69) is 6.58 Å². The van der Waals surface area contributed by atoms with E-state index in [1.54, 1.807) is 0 Å². The summed E-state index contributed by atoms with van der Waals surface area (Å²) in [5, 5.41) is 1.32. The van der Waals surface area contributed by atoms with Gasteiger partial charge in [0.2, 0.25) is 0 Å². The molecule has 0 atom stereocenters. The van der Waals surface area contributed by atoms with Gasteiger partial charge in [0.15, 0.2) is 0 Å². The van der Waals surface area contributed by atoms with Gasteiger partial charge in [-0.3, -0.25) is 0 Å². The lowest BCUT2D eigenvalue weighted by Crippen LogP contribution is -2.02. The molecule has 0 aliphatic carbocycles. The number of rotatable bonds is 3. The zero-order valence-electron chi connectivity index (χ0n) is 10.2. The van der Waals surface area contributed by atoms with Crippen LogP contribution in [0.3, 0.4) is 0 Å². The summed E-state index contributed by atoms with van der Waals surface area (Å²) in [5.41, 5.74) is 1.86. The fourth-order valence-electron chi connectivity index (χ4n) is 1.81. The Morgan fingerprint density at radius 3 is 2.83 bits per heavy atom. The fourth-order valence-corrected chi connectivity index (χ4v) is 1.87. The molecule has 0 aliphatic heterocycles. The van der Waals surface area contributed by atoms with Crippen molar-refractivity contribution in [2.24, 2.45) is 0 Å². The third kappa shape index (κ3) is 2.41. The van der Waals surface area contributed by atoms with Gasteiger partial charge in [-0.25, -0.2) is 4.79 Å². The molecule has 1 aromatic carbocycles. The minimum atomic E-state index is -0.359. The zero-order chi connectivity index (χ0) is 13.3. The van der Waals surface area contributed by atoms with Crippen LogP contribution in [0.25, 0.3) is 11.0 Å². The van der Waals surface area contributed by atoms with Crippen LogP contribution < -0.4 is 10.4 Å². The molecule has 0 radical (unpaired) electrons. The van der Waals surface area contributed by atoms with E-state index < -0.39 is 0 Å². The third-order valence-electron chi connectivity index (χ3n) is 2.70. The number of hydrogen-bond acceptors (Lipinski definition) is 3. The monoisotopic (exact) mass is 264 g/mol. The normalized spacial score (nSPS) is 10.6. The average Bonchev–Trinajstić information content (AvgIpc) is 2.29. The number of ether oxygens (including phenoxy) is 1. The van der Waals surface area contributed by atoms with Crippen molar-refractivity contribution in [2.45, 2.75) is 13.8 Å². The first kappa shape index (κ1) is 12.7. The number of fused-ring (bicyclic) bond motifs is 1. The standard InChI is InChI=1S/C14H13ClO3/c1-8-6-13(16)18-14-10(3)12(5-4-11(8)14)17-7-9(2)15/h4-6H,2,7H2,1,3H3.